The number of rotatable bonds is 5. The summed E-state index contributed by atoms with van der Waals surface area (Å²) < 4.78 is 32.1. The van der Waals surface area contributed by atoms with Crippen LogP contribution in [-0.2, 0) is 5.54 Å². The summed E-state index contributed by atoms with van der Waals surface area (Å²) in [4.78, 5) is 0. The minimum Gasteiger partial charge on any atom is -0.485 e. The molecule has 0 saturated carbocycles. The first-order chi connectivity index (χ1) is 9.57. The summed E-state index contributed by atoms with van der Waals surface area (Å²) in [5.41, 5.74) is 5.44. The minimum absolute atomic E-state index is 0.245. The van der Waals surface area contributed by atoms with Gasteiger partial charge in [0, 0.05) is 0 Å². The molecule has 0 fully saturated rings. The number of para-hydroxylation sites is 1. The highest BCUT2D eigenvalue weighted by molar-refractivity contribution is 5.28. The van der Waals surface area contributed by atoms with E-state index in [0.717, 1.165) is 12.1 Å². The van der Waals surface area contributed by atoms with Gasteiger partial charge in [-0.05, 0) is 17.7 Å². The molecule has 0 aromatic heterocycles. The molecular formula is C15H15F2NO2. The Hall–Kier alpha value is -1.98. The summed E-state index contributed by atoms with van der Waals surface area (Å²) in [6.45, 7) is -0.654. The van der Waals surface area contributed by atoms with E-state index < -0.39 is 29.5 Å². The van der Waals surface area contributed by atoms with Gasteiger partial charge in [-0.1, -0.05) is 36.4 Å². The molecule has 3 N–H and O–H groups in total. The molecule has 0 aliphatic rings. The lowest BCUT2D eigenvalue weighted by Crippen LogP contribution is -2.46. The van der Waals surface area contributed by atoms with Gasteiger partial charge in [-0.3, -0.25) is 0 Å². The molecule has 2 aromatic rings. The van der Waals surface area contributed by atoms with Crippen LogP contribution in [0.15, 0.2) is 48.5 Å². The van der Waals surface area contributed by atoms with Crippen LogP contribution >= 0.6 is 0 Å². The predicted molar refractivity (Wildman–Crippen MR) is 71.2 cm³/mol. The second kappa shape index (κ2) is 5.98. The van der Waals surface area contributed by atoms with E-state index in [1.54, 1.807) is 30.3 Å². The standard InChI is InChI=1S/C15H15F2NO2/c16-12-7-4-8-13(17)14(12)20-10-15(18,9-19)11-5-2-1-3-6-11/h1-8,19H,9-10,18H2. The fourth-order valence-corrected chi connectivity index (χ4v) is 1.81. The molecule has 0 aliphatic heterocycles. The number of aliphatic hydroxyl groups excluding tert-OH is 1. The van der Waals surface area contributed by atoms with Crippen LogP contribution in [-0.4, -0.2) is 18.3 Å². The van der Waals surface area contributed by atoms with E-state index in [4.69, 9.17) is 10.5 Å². The van der Waals surface area contributed by atoms with Gasteiger partial charge < -0.3 is 15.6 Å². The number of hydrogen-bond acceptors (Lipinski definition) is 3. The Morgan fingerprint density at radius 3 is 2.15 bits per heavy atom. The number of halogens is 2. The van der Waals surface area contributed by atoms with Crippen molar-refractivity contribution in [2.75, 3.05) is 13.2 Å². The van der Waals surface area contributed by atoms with Crippen LogP contribution in [0, 0.1) is 11.6 Å². The molecule has 1 atom stereocenters. The maximum Gasteiger partial charge on any atom is 0.190 e. The molecule has 20 heavy (non-hydrogen) atoms. The van der Waals surface area contributed by atoms with Gasteiger partial charge >= 0.3 is 0 Å². The van der Waals surface area contributed by atoms with Crippen LogP contribution < -0.4 is 10.5 Å². The van der Waals surface area contributed by atoms with Gasteiger partial charge in [0.15, 0.2) is 17.4 Å². The van der Waals surface area contributed by atoms with Crippen LogP contribution in [0.25, 0.3) is 0 Å². The Bertz CT molecular complexity index is 557. The fourth-order valence-electron chi connectivity index (χ4n) is 1.81. The molecule has 106 valence electrons. The van der Waals surface area contributed by atoms with E-state index in [1.807, 2.05) is 0 Å². The summed E-state index contributed by atoms with van der Waals surface area (Å²) in [6.07, 6.45) is 0. The normalized spacial score (nSPS) is 13.8. The molecule has 0 saturated heterocycles. The SMILES string of the molecule is NC(CO)(COc1c(F)cccc1F)c1ccccc1. The molecule has 1 unspecified atom stereocenters. The number of nitrogens with two attached hydrogens (primary N) is 1. The average Bonchev–Trinajstić information content (AvgIpc) is 2.47. The van der Waals surface area contributed by atoms with E-state index in [-0.39, 0.29) is 6.61 Å². The summed E-state index contributed by atoms with van der Waals surface area (Å²) in [5.74, 6) is -2.11. The zero-order valence-corrected chi connectivity index (χ0v) is 10.7. The van der Waals surface area contributed by atoms with E-state index in [2.05, 4.69) is 0 Å². The third-order valence-corrected chi connectivity index (χ3v) is 3.02. The lowest BCUT2D eigenvalue weighted by atomic mass is 9.93. The average molecular weight is 279 g/mol. The van der Waals surface area contributed by atoms with Crippen molar-refractivity contribution < 1.29 is 18.6 Å². The number of aliphatic hydroxyl groups is 1. The molecule has 2 rings (SSSR count). The Morgan fingerprint density at radius 2 is 1.60 bits per heavy atom. The van der Waals surface area contributed by atoms with E-state index in [1.165, 1.54) is 6.07 Å². The van der Waals surface area contributed by atoms with Crippen LogP contribution in [0.4, 0.5) is 8.78 Å². The van der Waals surface area contributed by atoms with Crippen molar-refractivity contribution in [1.29, 1.82) is 0 Å². The Labute approximate surface area is 115 Å². The van der Waals surface area contributed by atoms with Gasteiger partial charge in [-0.2, -0.15) is 0 Å². The Morgan fingerprint density at radius 1 is 1.00 bits per heavy atom. The maximum atomic E-state index is 13.5. The largest absolute Gasteiger partial charge is 0.485 e. The van der Waals surface area contributed by atoms with Gasteiger partial charge in [-0.15, -0.1) is 0 Å². The summed E-state index contributed by atoms with van der Waals surface area (Å²) >= 11 is 0. The second-order valence-electron chi connectivity index (χ2n) is 4.52. The zero-order chi connectivity index (χ0) is 14.6. The zero-order valence-electron chi connectivity index (χ0n) is 10.7. The van der Waals surface area contributed by atoms with E-state index in [0.29, 0.717) is 5.56 Å². The molecule has 0 heterocycles. The van der Waals surface area contributed by atoms with Gasteiger partial charge in [0.05, 0.1) is 12.1 Å². The van der Waals surface area contributed by atoms with E-state index in [9.17, 15) is 13.9 Å². The first-order valence-corrected chi connectivity index (χ1v) is 6.09. The third-order valence-electron chi connectivity index (χ3n) is 3.02. The topological polar surface area (TPSA) is 55.5 Å². The minimum atomic E-state index is -1.23. The van der Waals surface area contributed by atoms with Crippen molar-refractivity contribution in [3.05, 3.63) is 65.7 Å². The molecule has 2 aromatic carbocycles. The van der Waals surface area contributed by atoms with Gasteiger partial charge in [0.25, 0.3) is 0 Å². The smallest absolute Gasteiger partial charge is 0.190 e. The van der Waals surface area contributed by atoms with Crippen LogP contribution in [0.3, 0.4) is 0 Å². The van der Waals surface area contributed by atoms with Crippen LogP contribution in [0.5, 0.6) is 5.75 Å². The number of benzene rings is 2. The van der Waals surface area contributed by atoms with Crippen molar-refractivity contribution in [1.82, 2.24) is 0 Å². The van der Waals surface area contributed by atoms with Crippen LogP contribution in [0.1, 0.15) is 5.56 Å². The molecule has 0 bridgehead atoms. The van der Waals surface area contributed by atoms with Gasteiger partial charge in [-0.25, -0.2) is 8.78 Å². The molecule has 0 spiro atoms. The summed E-state index contributed by atoms with van der Waals surface area (Å²) in [7, 11) is 0. The Kier molecular flexibility index (Phi) is 4.32. The quantitative estimate of drug-likeness (QED) is 0.882. The monoisotopic (exact) mass is 279 g/mol. The maximum absolute atomic E-state index is 13.5. The van der Waals surface area contributed by atoms with Gasteiger partial charge in [0.2, 0.25) is 0 Å². The van der Waals surface area contributed by atoms with Crippen molar-refractivity contribution in [3.63, 3.8) is 0 Å². The first kappa shape index (κ1) is 14.4. The molecule has 5 heteroatoms. The third kappa shape index (κ3) is 2.95. The van der Waals surface area contributed by atoms with Gasteiger partial charge in [0.1, 0.15) is 6.61 Å². The molecule has 0 amide bonds. The molecule has 0 radical (unpaired) electrons. The van der Waals surface area contributed by atoms with Crippen molar-refractivity contribution in [2.24, 2.45) is 5.73 Å². The lowest BCUT2D eigenvalue weighted by Gasteiger charge is -2.27. The lowest BCUT2D eigenvalue weighted by molar-refractivity contribution is 0.127. The highest BCUT2D eigenvalue weighted by Crippen LogP contribution is 2.24. The number of ether oxygens (including phenoxy) is 1. The van der Waals surface area contributed by atoms with E-state index >= 15 is 0 Å². The second-order valence-corrected chi connectivity index (χ2v) is 4.52. The van der Waals surface area contributed by atoms with Crippen LogP contribution in [0.2, 0.25) is 0 Å². The highest BCUT2D eigenvalue weighted by Gasteiger charge is 2.28. The summed E-state index contributed by atoms with van der Waals surface area (Å²) in [6, 6.07) is 12.2. The molecule has 0 aliphatic carbocycles. The number of hydrogen-bond donors (Lipinski definition) is 2. The summed E-state index contributed by atoms with van der Waals surface area (Å²) in [5, 5.41) is 9.46. The molecular weight excluding hydrogens is 264 g/mol. The predicted octanol–water partition coefficient (Wildman–Crippen LogP) is 2.19. The molecule has 3 nitrogen and oxygen atoms in total. The first-order valence-electron chi connectivity index (χ1n) is 6.09. The van der Waals surface area contributed by atoms with Crippen molar-refractivity contribution in [3.8, 4) is 5.75 Å². The Balaban J connectivity index is 2.20. The highest BCUT2D eigenvalue weighted by atomic mass is 19.1. The van der Waals surface area contributed by atoms with Crippen molar-refractivity contribution in [2.45, 2.75) is 5.54 Å². The van der Waals surface area contributed by atoms with Crippen molar-refractivity contribution >= 4 is 0 Å². The fraction of sp³-hybridized carbons (Fsp3) is 0.200.